The van der Waals surface area contributed by atoms with Gasteiger partial charge in [0.1, 0.15) is 12.4 Å². The number of amides is 1. The number of nitrogens with zero attached hydrogens (tertiary/aromatic N) is 3. The third-order valence-corrected chi connectivity index (χ3v) is 4.70. The third kappa shape index (κ3) is 4.25. The summed E-state index contributed by atoms with van der Waals surface area (Å²) in [6, 6.07) is 11.4. The topological polar surface area (TPSA) is 46.8 Å². The molecule has 0 aliphatic rings. The van der Waals surface area contributed by atoms with Crippen LogP contribution in [0.1, 0.15) is 37.9 Å². The van der Waals surface area contributed by atoms with E-state index in [-0.39, 0.29) is 0 Å². The van der Waals surface area contributed by atoms with E-state index in [1.807, 2.05) is 53.9 Å². The number of halogens is 1. The van der Waals surface area contributed by atoms with Crippen LogP contribution in [0.2, 0.25) is 5.02 Å². The fourth-order valence-electron chi connectivity index (χ4n) is 3.01. The van der Waals surface area contributed by atoms with Gasteiger partial charge in [0.05, 0.1) is 5.69 Å². The Hall–Kier alpha value is -2.53. The van der Waals surface area contributed by atoms with Gasteiger partial charge < -0.3 is 4.74 Å². The van der Waals surface area contributed by atoms with Gasteiger partial charge in [-0.05, 0) is 42.7 Å². The van der Waals surface area contributed by atoms with Crippen LogP contribution in [0, 0.1) is 0 Å². The maximum Gasteiger partial charge on any atom is 0.215 e. The number of rotatable bonds is 9. The molecule has 0 aliphatic heterocycles. The van der Waals surface area contributed by atoms with Gasteiger partial charge in [0.15, 0.2) is 11.4 Å². The van der Waals surface area contributed by atoms with Gasteiger partial charge in [-0.15, -0.1) is 0 Å². The van der Waals surface area contributed by atoms with Crippen LogP contribution >= 0.6 is 11.6 Å². The molecule has 3 rings (SSSR count). The molecule has 142 valence electrons. The summed E-state index contributed by atoms with van der Waals surface area (Å²) in [5, 5.41) is 0.701. The summed E-state index contributed by atoms with van der Waals surface area (Å²) < 4.78 is 7.96. The molecule has 5 nitrogen and oxygen atoms in total. The number of ether oxygens (including phenoxy) is 1. The number of hydrogen-bond donors (Lipinski definition) is 0. The summed E-state index contributed by atoms with van der Waals surface area (Å²) in [7, 11) is 0. The Labute approximate surface area is 164 Å². The molecule has 1 amide bonds. The SMILES string of the molecule is CCCCN(C=O)c1c(CC)nc2c(OCc3ccc(Cl)cc3)cccn12. The lowest BCUT2D eigenvalue weighted by atomic mass is 10.2. The van der Waals surface area contributed by atoms with Gasteiger partial charge in [-0.3, -0.25) is 14.1 Å². The number of imidazole rings is 1. The Kier molecular flexibility index (Phi) is 6.35. The summed E-state index contributed by atoms with van der Waals surface area (Å²) in [6.07, 6.45) is 5.53. The van der Waals surface area contributed by atoms with Gasteiger partial charge in [-0.1, -0.05) is 44.0 Å². The van der Waals surface area contributed by atoms with Gasteiger partial charge in [-0.25, -0.2) is 4.98 Å². The lowest BCUT2D eigenvalue weighted by Crippen LogP contribution is -2.24. The zero-order chi connectivity index (χ0) is 19.2. The lowest BCUT2D eigenvalue weighted by Gasteiger charge is -2.18. The number of aromatic nitrogens is 2. The molecule has 0 saturated carbocycles. The first kappa shape index (κ1) is 19.2. The van der Waals surface area contributed by atoms with Crippen molar-refractivity contribution >= 4 is 29.5 Å². The molecular formula is C21H24ClN3O2. The normalized spacial score (nSPS) is 10.9. The molecule has 0 atom stereocenters. The number of pyridine rings is 1. The number of benzene rings is 1. The van der Waals surface area contributed by atoms with E-state index < -0.39 is 0 Å². The number of hydrogen-bond acceptors (Lipinski definition) is 3. The fraction of sp³-hybridized carbons (Fsp3) is 0.333. The summed E-state index contributed by atoms with van der Waals surface area (Å²) in [5.41, 5.74) is 2.64. The van der Waals surface area contributed by atoms with E-state index in [9.17, 15) is 4.79 Å². The molecule has 0 N–H and O–H groups in total. The number of aryl methyl sites for hydroxylation is 1. The molecule has 1 aromatic carbocycles. The quantitative estimate of drug-likeness (QED) is 0.492. The van der Waals surface area contributed by atoms with Gasteiger partial charge in [0, 0.05) is 17.8 Å². The highest BCUT2D eigenvalue weighted by atomic mass is 35.5. The average Bonchev–Trinajstić information content (AvgIpc) is 3.07. The van der Waals surface area contributed by atoms with Crippen LogP contribution in [-0.2, 0) is 17.8 Å². The van der Waals surface area contributed by atoms with Crippen molar-refractivity contribution in [2.24, 2.45) is 0 Å². The summed E-state index contributed by atoms with van der Waals surface area (Å²) in [4.78, 5) is 18.2. The number of carbonyl (C=O) groups is 1. The number of anilines is 1. The highest BCUT2D eigenvalue weighted by Gasteiger charge is 2.19. The lowest BCUT2D eigenvalue weighted by molar-refractivity contribution is -0.107. The van der Waals surface area contributed by atoms with E-state index in [1.54, 1.807) is 4.90 Å². The maximum atomic E-state index is 11.7. The number of unbranched alkanes of at least 4 members (excludes halogenated alkanes) is 1. The molecule has 6 heteroatoms. The standard InChI is InChI=1S/C21H24ClN3O2/c1-3-5-12-24(15-26)21-18(4-2)23-20-19(7-6-13-25(20)21)27-14-16-8-10-17(22)11-9-16/h6-11,13,15H,3-5,12,14H2,1-2H3. The molecule has 0 unspecified atom stereocenters. The van der Waals surface area contributed by atoms with Crippen molar-refractivity contribution in [1.29, 1.82) is 0 Å². The molecular weight excluding hydrogens is 362 g/mol. The van der Waals surface area contributed by atoms with Crippen LogP contribution in [0.4, 0.5) is 5.82 Å². The second-order valence-electron chi connectivity index (χ2n) is 6.37. The molecule has 0 saturated heterocycles. The van der Waals surface area contributed by atoms with Crippen molar-refractivity contribution in [1.82, 2.24) is 9.38 Å². The van der Waals surface area contributed by atoms with Crippen LogP contribution in [-0.4, -0.2) is 22.3 Å². The average molecular weight is 386 g/mol. The molecule has 0 bridgehead atoms. The predicted octanol–water partition coefficient (Wildman–Crippen LogP) is 4.89. The second-order valence-corrected chi connectivity index (χ2v) is 6.81. The van der Waals surface area contributed by atoms with Gasteiger partial charge >= 0.3 is 0 Å². The molecule has 0 aliphatic carbocycles. The Balaban J connectivity index is 1.93. The van der Waals surface area contributed by atoms with Crippen molar-refractivity contribution < 1.29 is 9.53 Å². The fourth-order valence-corrected chi connectivity index (χ4v) is 3.14. The van der Waals surface area contributed by atoms with Gasteiger partial charge in [0.25, 0.3) is 0 Å². The highest BCUT2D eigenvalue weighted by Crippen LogP contribution is 2.28. The van der Waals surface area contributed by atoms with Gasteiger partial charge in [-0.2, -0.15) is 0 Å². The molecule has 27 heavy (non-hydrogen) atoms. The van der Waals surface area contributed by atoms with E-state index in [0.29, 0.717) is 23.9 Å². The minimum atomic E-state index is 0.424. The minimum Gasteiger partial charge on any atom is -0.485 e. The Morgan fingerprint density at radius 2 is 2.00 bits per heavy atom. The first-order chi connectivity index (χ1) is 13.2. The number of fused-ring (bicyclic) bond motifs is 1. The molecule has 3 aromatic rings. The zero-order valence-corrected chi connectivity index (χ0v) is 16.4. The van der Waals surface area contributed by atoms with Crippen LogP contribution in [0.15, 0.2) is 42.6 Å². The van der Waals surface area contributed by atoms with Gasteiger partial charge in [0.2, 0.25) is 6.41 Å². The third-order valence-electron chi connectivity index (χ3n) is 4.45. The molecule has 2 heterocycles. The second kappa shape index (κ2) is 8.91. The Morgan fingerprint density at radius 3 is 2.67 bits per heavy atom. The van der Waals surface area contributed by atoms with Crippen LogP contribution < -0.4 is 9.64 Å². The summed E-state index contributed by atoms with van der Waals surface area (Å²) >= 11 is 5.94. The maximum absolute atomic E-state index is 11.7. The highest BCUT2D eigenvalue weighted by molar-refractivity contribution is 6.30. The summed E-state index contributed by atoms with van der Waals surface area (Å²) in [5.74, 6) is 1.52. The first-order valence-electron chi connectivity index (χ1n) is 9.27. The van der Waals surface area contributed by atoms with Crippen molar-refractivity contribution in [2.75, 3.05) is 11.4 Å². The van der Waals surface area contributed by atoms with Crippen molar-refractivity contribution in [3.05, 3.63) is 58.9 Å². The van der Waals surface area contributed by atoms with Crippen molar-refractivity contribution in [2.45, 2.75) is 39.7 Å². The Bertz CT molecular complexity index is 906. The van der Waals surface area contributed by atoms with Crippen LogP contribution in [0.25, 0.3) is 5.65 Å². The van der Waals surface area contributed by atoms with E-state index >= 15 is 0 Å². The molecule has 0 fully saturated rings. The minimum absolute atomic E-state index is 0.424. The van der Waals surface area contributed by atoms with Crippen LogP contribution in [0.5, 0.6) is 5.75 Å². The van der Waals surface area contributed by atoms with Crippen molar-refractivity contribution in [3.8, 4) is 5.75 Å². The largest absolute Gasteiger partial charge is 0.485 e. The van der Waals surface area contributed by atoms with E-state index in [2.05, 4.69) is 6.92 Å². The smallest absolute Gasteiger partial charge is 0.215 e. The molecule has 0 radical (unpaired) electrons. The molecule has 0 spiro atoms. The first-order valence-corrected chi connectivity index (χ1v) is 9.64. The Morgan fingerprint density at radius 1 is 1.22 bits per heavy atom. The summed E-state index contributed by atoms with van der Waals surface area (Å²) in [6.45, 7) is 5.26. The predicted molar refractivity (Wildman–Crippen MR) is 109 cm³/mol. The molecule has 2 aromatic heterocycles. The van der Waals surface area contributed by atoms with E-state index in [1.165, 1.54) is 0 Å². The van der Waals surface area contributed by atoms with Crippen molar-refractivity contribution in [3.63, 3.8) is 0 Å². The zero-order valence-electron chi connectivity index (χ0n) is 15.7. The number of carbonyl (C=O) groups excluding carboxylic acids is 1. The monoisotopic (exact) mass is 385 g/mol. The van der Waals surface area contributed by atoms with E-state index in [4.69, 9.17) is 21.3 Å². The van der Waals surface area contributed by atoms with Crippen LogP contribution in [0.3, 0.4) is 0 Å². The van der Waals surface area contributed by atoms with E-state index in [0.717, 1.165) is 48.4 Å².